The van der Waals surface area contributed by atoms with Crippen molar-refractivity contribution in [2.24, 2.45) is 5.92 Å². The van der Waals surface area contributed by atoms with Crippen molar-refractivity contribution >= 4 is 10.0 Å². The predicted octanol–water partition coefficient (Wildman–Crippen LogP) is 3.42. The van der Waals surface area contributed by atoms with Gasteiger partial charge in [-0.25, -0.2) is 10.0 Å². The number of fused-ring (bicyclic) bond motifs is 1. The Morgan fingerprint density at radius 2 is 1.93 bits per heavy atom. The maximum Gasteiger partial charge on any atom is 0.0844 e. The fraction of sp³-hybridized carbons (Fsp3) is 1.00. The minimum Gasteiger partial charge on any atom is -0.370 e. The zero-order chi connectivity index (χ0) is 11.1. The zero-order valence-electron chi connectivity index (χ0n) is 10.7. The van der Waals surface area contributed by atoms with Crippen molar-refractivity contribution in [3.05, 3.63) is 0 Å². The van der Waals surface area contributed by atoms with Crippen molar-refractivity contribution in [1.82, 2.24) is 0 Å². The predicted molar refractivity (Wildman–Crippen MR) is 70.1 cm³/mol. The Hall–Kier alpha value is 0.310. The second-order valence-electron chi connectivity index (χ2n) is 6.06. The van der Waals surface area contributed by atoms with Crippen LogP contribution in [-0.2, 0) is 4.74 Å². The van der Waals surface area contributed by atoms with Gasteiger partial charge in [0.25, 0.3) is 0 Å². The Balaban J connectivity index is 1.73. The molecule has 2 aliphatic rings. The van der Waals surface area contributed by atoms with Gasteiger partial charge < -0.3 is 4.74 Å². The summed E-state index contributed by atoms with van der Waals surface area (Å²) in [6, 6.07) is 0. The Morgan fingerprint density at radius 3 is 2.53 bits per heavy atom. The largest absolute Gasteiger partial charge is 0.370 e. The van der Waals surface area contributed by atoms with Gasteiger partial charge in [0.1, 0.15) is 0 Å². The minimum absolute atomic E-state index is 0.342. The van der Waals surface area contributed by atoms with Crippen molar-refractivity contribution in [3.8, 4) is 0 Å². The number of ether oxygens (including phenoxy) is 1. The first-order valence-corrected chi connectivity index (χ1v) is 9.02. The second kappa shape index (κ2) is 4.29. The first kappa shape index (κ1) is 11.8. The number of hydrogen-bond acceptors (Lipinski definition) is 1. The normalized spacial score (nSPS) is 36.5. The van der Waals surface area contributed by atoms with Gasteiger partial charge in [-0.15, -0.1) is 0 Å². The molecule has 0 spiro atoms. The molecule has 3 atom stereocenters. The molecule has 90 valence electrons. The van der Waals surface area contributed by atoms with Crippen molar-refractivity contribution in [2.75, 3.05) is 18.3 Å². The van der Waals surface area contributed by atoms with Gasteiger partial charge in [-0.05, 0) is 55.1 Å². The summed E-state index contributed by atoms with van der Waals surface area (Å²) in [6.07, 6.45) is 11.9. The lowest BCUT2D eigenvalue weighted by Gasteiger charge is -2.37. The van der Waals surface area contributed by atoms with Gasteiger partial charge >= 0.3 is 0 Å². The third-order valence-corrected chi connectivity index (χ3v) is 8.28. The molecule has 0 amide bonds. The summed E-state index contributed by atoms with van der Waals surface area (Å²) < 4.78 is 5.59. The average Bonchev–Trinajstić information content (AvgIpc) is 2.92. The van der Waals surface area contributed by atoms with Crippen LogP contribution in [0, 0.1) is 5.92 Å². The molecule has 0 aromatic rings. The molecule has 2 rings (SSSR count). The summed E-state index contributed by atoms with van der Waals surface area (Å²) in [5.41, 5.74) is 0. The van der Waals surface area contributed by atoms with E-state index in [1.165, 1.54) is 31.4 Å². The van der Waals surface area contributed by atoms with Crippen molar-refractivity contribution < 1.29 is 4.74 Å². The van der Waals surface area contributed by atoms with Crippen LogP contribution in [0.25, 0.3) is 0 Å². The Bertz CT molecular complexity index is 225. The molecular weight excluding hydrogens is 204 g/mol. The lowest BCUT2D eigenvalue weighted by atomic mass is 9.88. The molecule has 0 N–H and O–H groups in total. The SMILES string of the molecule is CC(C)S(C)(C)CCC1CCC2OC2C1. The van der Waals surface area contributed by atoms with E-state index in [1.54, 1.807) is 0 Å². The van der Waals surface area contributed by atoms with E-state index in [-0.39, 0.29) is 10.0 Å². The van der Waals surface area contributed by atoms with E-state index in [4.69, 9.17) is 4.74 Å². The highest BCUT2D eigenvalue weighted by Gasteiger charge is 2.43. The van der Waals surface area contributed by atoms with E-state index in [9.17, 15) is 0 Å². The molecule has 1 aliphatic carbocycles. The minimum atomic E-state index is -0.342. The molecule has 0 aromatic carbocycles. The quantitative estimate of drug-likeness (QED) is 0.674. The van der Waals surface area contributed by atoms with Crippen LogP contribution in [0.15, 0.2) is 0 Å². The van der Waals surface area contributed by atoms with E-state index < -0.39 is 0 Å². The van der Waals surface area contributed by atoms with Gasteiger partial charge in [-0.1, -0.05) is 13.8 Å². The summed E-state index contributed by atoms with van der Waals surface area (Å²) >= 11 is 0. The number of hydrogen-bond donors (Lipinski definition) is 0. The monoisotopic (exact) mass is 230 g/mol. The molecular formula is C13H26OS. The Labute approximate surface area is 96.3 Å². The van der Waals surface area contributed by atoms with Crippen LogP contribution < -0.4 is 0 Å². The van der Waals surface area contributed by atoms with Gasteiger partial charge in [0.15, 0.2) is 0 Å². The van der Waals surface area contributed by atoms with E-state index in [0.717, 1.165) is 11.2 Å². The Morgan fingerprint density at radius 1 is 1.20 bits per heavy atom. The third kappa shape index (κ3) is 2.91. The highest BCUT2D eigenvalue weighted by atomic mass is 32.3. The van der Waals surface area contributed by atoms with E-state index in [1.807, 2.05) is 0 Å². The van der Waals surface area contributed by atoms with Gasteiger partial charge in [-0.3, -0.25) is 0 Å². The molecule has 1 saturated heterocycles. The van der Waals surface area contributed by atoms with Crippen molar-refractivity contribution in [1.29, 1.82) is 0 Å². The lowest BCUT2D eigenvalue weighted by Crippen LogP contribution is -2.19. The topological polar surface area (TPSA) is 12.5 Å². The smallest absolute Gasteiger partial charge is 0.0844 e. The van der Waals surface area contributed by atoms with Crippen LogP contribution in [0.2, 0.25) is 0 Å². The maximum atomic E-state index is 5.59. The second-order valence-corrected chi connectivity index (χ2v) is 10.7. The molecule has 0 radical (unpaired) electrons. The molecule has 3 unspecified atom stereocenters. The summed E-state index contributed by atoms with van der Waals surface area (Å²) in [5.74, 6) is 2.44. The van der Waals surface area contributed by atoms with Crippen LogP contribution in [0.4, 0.5) is 0 Å². The highest BCUT2D eigenvalue weighted by Crippen LogP contribution is 2.48. The molecule has 1 nitrogen and oxygen atoms in total. The van der Waals surface area contributed by atoms with Crippen LogP contribution in [0.5, 0.6) is 0 Å². The summed E-state index contributed by atoms with van der Waals surface area (Å²) in [5, 5.41) is 0.881. The van der Waals surface area contributed by atoms with E-state index >= 15 is 0 Å². The lowest BCUT2D eigenvalue weighted by molar-refractivity contribution is 0.358. The van der Waals surface area contributed by atoms with Crippen LogP contribution in [-0.4, -0.2) is 35.7 Å². The molecule has 0 bridgehead atoms. The number of epoxide rings is 1. The summed E-state index contributed by atoms with van der Waals surface area (Å²) in [4.78, 5) is 0. The summed E-state index contributed by atoms with van der Waals surface area (Å²) in [7, 11) is -0.342. The molecule has 2 heteroatoms. The fourth-order valence-corrected chi connectivity index (χ4v) is 3.87. The standard InChI is InChI=1S/C13H26OS/c1-10(2)15(3,4)8-7-11-5-6-12-13(9-11)14-12/h10-13H,5-9H2,1-4H3. The fourth-order valence-electron chi connectivity index (χ4n) is 2.46. The zero-order valence-corrected chi connectivity index (χ0v) is 11.5. The van der Waals surface area contributed by atoms with Crippen LogP contribution >= 0.6 is 10.0 Å². The molecule has 1 saturated carbocycles. The Kier molecular flexibility index (Phi) is 3.37. The van der Waals surface area contributed by atoms with Gasteiger partial charge in [0, 0.05) is 0 Å². The van der Waals surface area contributed by atoms with Gasteiger partial charge in [0.05, 0.1) is 12.2 Å². The average molecular weight is 230 g/mol. The maximum absolute atomic E-state index is 5.59. The highest BCUT2D eigenvalue weighted by molar-refractivity contribution is 8.33. The van der Waals surface area contributed by atoms with Gasteiger partial charge in [-0.2, -0.15) is 0 Å². The van der Waals surface area contributed by atoms with E-state index in [2.05, 4.69) is 26.4 Å². The molecule has 1 heterocycles. The number of rotatable bonds is 4. The first-order valence-electron chi connectivity index (χ1n) is 6.34. The van der Waals surface area contributed by atoms with Crippen molar-refractivity contribution in [2.45, 2.75) is 57.0 Å². The molecule has 2 fully saturated rings. The van der Waals surface area contributed by atoms with Crippen LogP contribution in [0.1, 0.15) is 39.5 Å². The first-order chi connectivity index (χ1) is 6.99. The summed E-state index contributed by atoms with van der Waals surface area (Å²) in [6.45, 7) is 4.77. The van der Waals surface area contributed by atoms with Crippen LogP contribution in [0.3, 0.4) is 0 Å². The molecule has 1 aliphatic heterocycles. The van der Waals surface area contributed by atoms with E-state index in [0.29, 0.717) is 12.2 Å². The molecule has 0 aromatic heterocycles. The molecule has 15 heavy (non-hydrogen) atoms. The van der Waals surface area contributed by atoms with Gasteiger partial charge in [0.2, 0.25) is 0 Å². The third-order valence-electron chi connectivity index (χ3n) is 4.44. The van der Waals surface area contributed by atoms with Crippen molar-refractivity contribution in [3.63, 3.8) is 0 Å².